The zero-order chi connectivity index (χ0) is 48.6. The first-order chi connectivity index (χ1) is 30.9. The highest BCUT2D eigenvalue weighted by Crippen LogP contribution is 2.61. The van der Waals surface area contributed by atoms with E-state index in [1.165, 1.54) is 112 Å². The van der Waals surface area contributed by atoms with Crippen LogP contribution in [0.25, 0.3) is 0 Å². The summed E-state index contributed by atoms with van der Waals surface area (Å²) >= 11 is 2.15. The molecule has 1 atom stereocenters. The summed E-state index contributed by atoms with van der Waals surface area (Å²) < 4.78 is 0. The van der Waals surface area contributed by atoms with E-state index in [-0.39, 0.29) is 50.0 Å². The van der Waals surface area contributed by atoms with Crippen molar-refractivity contribution in [2.45, 2.75) is 210 Å². The van der Waals surface area contributed by atoms with Gasteiger partial charge >= 0.3 is 0 Å². The van der Waals surface area contributed by atoms with E-state index in [2.05, 4.69) is 194 Å². The minimum absolute atomic E-state index is 0.0224. The van der Waals surface area contributed by atoms with E-state index in [1.807, 2.05) is 0 Å². The van der Waals surface area contributed by atoms with Crippen LogP contribution in [0.2, 0.25) is 0 Å². The van der Waals surface area contributed by atoms with Crippen molar-refractivity contribution in [3.05, 3.63) is 116 Å². The Morgan fingerprint density at radius 3 is 1.90 bits per heavy atom. The van der Waals surface area contributed by atoms with E-state index in [9.17, 15) is 0 Å². The van der Waals surface area contributed by atoms with Gasteiger partial charge in [0.15, 0.2) is 0 Å². The lowest BCUT2D eigenvalue weighted by Crippen LogP contribution is -2.59. The van der Waals surface area contributed by atoms with Gasteiger partial charge in [-0.1, -0.05) is 147 Å². The molecule has 0 N–H and O–H groups in total. The van der Waals surface area contributed by atoms with Gasteiger partial charge in [-0.2, -0.15) is 0 Å². The quantitative estimate of drug-likeness (QED) is 0.236. The highest BCUT2D eigenvalue weighted by molar-refractivity contribution is 7.20. The molecular formula is C63H85BN2S. The smallest absolute Gasteiger partial charge is 0.249 e. The van der Waals surface area contributed by atoms with Gasteiger partial charge in [0.25, 0.3) is 0 Å². The Balaban J connectivity index is 1.34. The summed E-state index contributed by atoms with van der Waals surface area (Å²) in [4.78, 5) is 7.23. The number of anilines is 4. The molecule has 2 nitrogen and oxygen atoms in total. The van der Waals surface area contributed by atoms with Crippen molar-refractivity contribution in [1.82, 2.24) is 0 Å². The van der Waals surface area contributed by atoms with Crippen LogP contribution in [0.1, 0.15) is 209 Å². The average Bonchev–Trinajstić information content (AvgIpc) is 3.65. The molecule has 0 bridgehead atoms. The average molecular weight is 913 g/mol. The molecule has 0 amide bonds. The van der Waals surface area contributed by atoms with Gasteiger partial charge in [0, 0.05) is 33.3 Å². The van der Waals surface area contributed by atoms with E-state index in [4.69, 9.17) is 6.58 Å². The van der Waals surface area contributed by atoms with Crippen LogP contribution in [-0.4, -0.2) is 6.71 Å². The van der Waals surface area contributed by atoms with Gasteiger partial charge in [-0.25, -0.2) is 0 Å². The Kier molecular flexibility index (Phi) is 10.4. The molecule has 0 saturated heterocycles. The maximum atomic E-state index is 4.82. The molecule has 2 aromatic carbocycles. The first-order valence-electron chi connectivity index (χ1n) is 26.5. The molecule has 7 aliphatic rings. The van der Waals surface area contributed by atoms with Crippen LogP contribution in [0.15, 0.2) is 88.7 Å². The second-order valence-electron chi connectivity index (χ2n) is 28.4. The maximum absolute atomic E-state index is 4.82. The van der Waals surface area contributed by atoms with Crippen LogP contribution in [0, 0.1) is 34.5 Å². The predicted octanol–water partition coefficient (Wildman–Crippen LogP) is 17.2. The van der Waals surface area contributed by atoms with E-state index < -0.39 is 0 Å². The number of hydrogen-bond acceptors (Lipinski definition) is 3. The third kappa shape index (κ3) is 7.26. The lowest BCUT2D eigenvalue weighted by Gasteiger charge is -2.54. The fraction of sp³-hybridized carbons (Fsp3) is 0.587. The van der Waals surface area contributed by atoms with Crippen LogP contribution in [-0.2, 0) is 21.7 Å². The predicted molar refractivity (Wildman–Crippen MR) is 294 cm³/mol. The zero-order valence-corrected chi connectivity index (χ0v) is 46.2. The third-order valence-electron chi connectivity index (χ3n) is 19.5. The normalized spacial score (nSPS) is 28.3. The number of fused-ring (bicyclic) bond motifs is 7. The molecule has 1 fully saturated rings. The molecule has 1 saturated carbocycles. The summed E-state index contributed by atoms with van der Waals surface area (Å²) in [6.45, 7) is 50.1. The van der Waals surface area contributed by atoms with E-state index in [0.29, 0.717) is 5.92 Å². The summed E-state index contributed by atoms with van der Waals surface area (Å²) in [5.74, 6) is 0.499. The number of benzene rings is 2. The molecule has 0 spiro atoms. The Labute approximate surface area is 412 Å². The van der Waals surface area contributed by atoms with Crippen molar-refractivity contribution in [3.63, 3.8) is 0 Å². The van der Waals surface area contributed by atoms with Crippen molar-refractivity contribution in [2.75, 3.05) is 9.80 Å². The Hall–Kier alpha value is -3.50. The number of aryl methyl sites for hydroxylation is 1. The molecule has 3 heterocycles. The summed E-state index contributed by atoms with van der Waals surface area (Å²) in [5, 5.41) is 1.47. The number of hydrogen-bond donors (Lipinski definition) is 0. The molecule has 0 radical (unpaired) electrons. The summed E-state index contributed by atoms with van der Waals surface area (Å²) in [6.07, 6.45) is 19.7. The van der Waals surface area contributed by atoms with Gasteiger partial charge in [0.05, 0.1) is 5.00 Å². The molecule has 356 valence electrons. The molecule has 4 heteroatoms. The lowest BCUT2D eigenvalue weighted by molar-refractivity contribution is 0.122. The summed E-state index contributed by atoms with van der Waals surface area (Å²) in [7, 11) is 0. The lowest BCUT2D eigenvalue weighted by atomic mass is 9.30. The summed E-state index contributed by atoms with van der Waals surface area (Å²) in [6, 6.07) is 12.9. The van der Waals surface area contributed by atoms with Crippen LogP contribution >= 0.6 is 11.3 Å². The molecule has 0 unspecified atom stereocenters. The summed E-state index contributed by atoms with van der Waals surface area (Å²) in [5.41, 5.74) is 22.9. The Morgan fingerprint density at radius 1 is 0.612 bits per heavy atom. The second kappa shape index (κ2) is 14.8. The van der Waals surface area contributed by atoms with Crippen molar-refractivity contribution in [2.24, 2.45) is 27.6 Å². The van der Waals surface area contributed by atoms with E-state index >= 15 is 0 Å². The van der Waals surface area contributed by atoms with E-state index in [1.54, 1.807) is 26.9 Å². The van der Waals surface area contributed by atoms with Gasteiger partial charge < -0.3 is 9.80 Å². The fourth-order valence-electron chi connectivity index (χ4n) is 14.1. The van der Waals surface area contributed by atoms with Gasteiger partial charge in [-0.15, -0.1) is 11.3 Å². The van der Waals surface area contributed by atoms with Crippen LogP contribution in [0.5, 0.6) is 0 Å². The first kappa shape index (κ1) is 47.2. The monoisotopic (exact) mass is 913 g/mol. The van der Waals surface area contributed by atoms with Crippen molar-refractivity contribution in [1.29, 1.82) is 0 Å². The molecule has 67 heavy (non-hydrogen) atoms. The molecule has 3 aromatic rings. The highest BCUT2D eigenvalue weighted by atomic mass is 32.1. The molecular weight excluding hydrogens is 828 g/mol. The Bertz CT molecular complexity index is 2760. The third-order valence-corrected chi connectivity index (χ3v) is 21.1. The standard InChI is InChI=1S/C63H85BN2S/c1-38-32-49-52-50(33-38)66(47-22-23-56(4,5)24-25-57(6,7)40(3)34-39(47)2)55-53(51-54(67-55)63(18,19)31-30-62(51,16)17)64(52)46-36-44-45(61(14,15)29-28-60(44,12)13)37-48(46)65(49)41-20-21-42-43(35-41)59(10,11)27-26-58(42,8)9/h20-22,32-35,37,44H,3,23-31,36H2,1-2,4-19H3/b39-34-,47-22+/t44-/m0/s1. The van der Waals surface area contributed by atoms with E-state index in [0.717, 1.165) is 19.3 Å². The number of thiophene rings is 1. The Morgan fingerprint density at radius 2 is 1.21 bits per heavy atom. The minimum Gasteiger partial charge on any atom is -0.312 e. The van der Waals surface area contributed by atoms with Crippen molar-refractivity contribution >= 4 is 51.0 Å². The van der Waals surface area contributed by atoms with Gasteiger partial charge in [-0.05, 0) is 202 Å². The van der Waals surface area contributed by atoms with Gasteiger partial charge in [0.2, 0.25) is 6.71 Å². The van der Waals surface area contributed by atoms with Crippen molar-refractivity contribution in [3.8, 4) is 0 Å². The minimum atomic E-state index is 0.0224. The van der Waals surface area contributed by atoms with Crippen LogP contribution < -0.4 is 20.7 Å². The number of allylic oxidation sites excluding steroid dienone is 7. The topological polar surface area (TPSA) is 6.48 Å². The number of nitrogens with zero attached hydrogens (tertiary/aromatic N) is 2. The molecule has 2 aliphatic heterocycles. The fourth-order valence-corrected chi connectivity index (χ4v) is 15.8. The molecule has 10 rings (SSSR count). The zero-order valence-electron chi connectivity index (χ0n) is 45.4. The largest absolute Gasteiger partial charge is 0.312 e. The highest BCUT2D eigenvalue weighted by Gasteiger charge is 2.55. The van der Waals surface area contributed by atoms with Gasteiger partial charge in [-0.3, -0.25) is 0 Å². The molecule has 5 aliphatic carbocycles. The molecule has 1 aromatic heterocycles. The first-order valence-corrected chi connectivity index (χ1v) is 27.3. The van der Waals surface area contributed by atoms with Crippen LogP contribution in [0.4, 0.5) is 22.1 Å². The maximum Gasteiger partial charge on any atom is 0.249 e. The van der Waals surface area contributed by atoms with Crippen molar-refractivity contribution < 1.29 is 0 Å². The SMILES string of the molecule is C=C1/C=C(C)\C(N2c3cc(C)cc4c3B(C3=C(C=C5[C@H](C3)C(C)(C)CCC5(C)C)N4c3ccc4c(c3)C(C)(C)CCC4(C)C)c3c2sc2c3C(C)(C)CCC2(C)C)=C/CC(C)(C)CCC1(C)C. The van der Waals surface area contributed by atoms with Crippen LogP contribution in [0.3, 0.4) is 0 Å². The second-order valence-corrected chi connectivity index (χ2v) is 29.4. The number of rotatable bonds is 2. The van der Waals surface area contributed by atoms with Gasteiger partial charge in [0.1, 0.15) is 0 Å².